The summed E-state index contributed by atoms with van der Waals surface area (Å²) in [5, 5.41) is 2.58. The second-order valence-corrected chi connectivity index (χ2v) is 6.88. The quantitative estimate of drug-likeness (QED) is 0.516. The van der Waals surface area contributed by atoms with E-state index in [0.29, 0.717) is 24.0 Å². The van der Waals surface area contributed by atoms with Crippen molar-refractivity contribution >= 4 is 40.4 Å². The van der Waals surface area contributed by atoms with Crippen LogP contribution in [0.15, 0.2) is 30.3 Å². The van der Waals surface area contributed by atoms with Gasteiger partial charge in [-0.05, 0) is 31.1 Å². The molecule has 0 fully saturated rings. The molecule has 1 unspecified atom stereocenters. The fourth-order valence-corrected chi connectivity index (χ4v) is 3.23. The molecule has 0 aliphatic heterocycles. The average molecular weight is 386 g/mol. The lowest BCUT2D eigenvalue weighted by molar-refractivity contribution is -0.140. The zero-order chi connectivity index (χ0) is 18.5. The zero-order valence-electron chi connectivity index (χ0n) is 14.4. The number of benzene rings is 1. The highest BCUT2D eigenvalue weighted by molar-refractivity contribution is 8.23. The number of alkyl carbamates (subject to hydrolysis) is 1. The number of amides is 1. The monoisotopic (exact) mass is 385 g/mol. The second kappa shape index (κ2) is 12.5. The van der Waals surface area contributed by atoms with Crippen LogP contribution in [0.5, 0.6) is 0 Å². The van der Waals surface area contributed by atoms with Gasteiger partial charge in [-0.15, -0.1) is 0 Å². The third-order valence-corrected chi connectivity index (χ3v) is 4.56. The number of ether oxygens (including phenoxy) is 3. The molecular weight excluding hydrogens is 362 g/mol. The van der Waals surface area contributed by atoms with Crippen molar-refractivity contribution in [2.24, 2.45) is 0 Å². The highest BCUT2D eigenvalue weighted by atomic mass is 32.2. The number of thioether (sulfide) groups is 1. The highest BCUT2D eigenvalue weighted by Crippen LogP contribution is 2.19. The Kier molecular flexibility index (Phi) is 10.7. The Labute approximate surface area is 157 Å². The maximum atomic E-state index is 11.8. The highest BCUT2D eigenvalue weighted by Gasteiger charge is 2.17. The largest absolute Gasteiger partial charge is 0.479 e. The van der Waals surface area contributed by atoms with E-state index >= 15 is 0 Å². The van der Waals surface area contributed by atoms with E-state index in [9.17, 15) is 9.59 Å². The predicted octanol–water partition coefficient (Wildman–Crippen LogP) is 3.29. The van der Waals surface area contributed by atoms with Crippen molar-refractivity contribution in [2.75, 3.05) is 20.3 Å². The van der Waals surface area contributed by atoms with Crippen molar-refractivity contribution in [1.29, 1.82) is 0 Å². The van der Waals surface area contributed by atoms with Gasteiger partial charge in [0.2, 0.25) is 4.38 Å². The van der Waals surface area contributed by atoms with Gasteiger partial charge in [0.15, 0.2) is 0 Å². The predicted molar refractivity (Wildman–Crippen MR) is 101 cm³/mol. The molecule has 0 aliphatic rings. The molecule has 6 nitrogen and oxygen atoms in total. The third-order valence-electron chi connectivity index (χ3n) is 3.11. The number of hydrogen-bond donors (Lipinski definition) is 1. The van der Waals surface area contributed by atoms with Crippen LogP contribution in [0.3, 0.4) is 0 Å². The molecule has 0 radical (unpaired) electrons. The number of esters is 1. The number of thiocarbonyl (C=S) groups is 1. The number of hydrogen-bond acceptors (Lipinski definition) is 7. The molecule has 1 atom stereocenters. The lowest BCUT2D eigenvalue weighted by Gasteiger charge is -2.17. The molecule has 0 saturated heterocycles. The zero-order valence-corrected chi connectivity index (χ0v) is 16.0. The first kappa shape index (κ1) is 21.2. The van der Waals surface area contributed by atoms with Crippen molar-refractivity contribution in [3.05, 3.63) is 35.9 Å². The van der Waals surface area contributed by atoms with Crippen molar-refractivity contribution in [2.45, 2.75) is 31.6 Å². The van der Waals surface area contributed by atoms with Crippen LogP contribution in [-0.2, 0) is 25.6 Å². The minimum atomic E-state index is -0.519. The lowest BCUT2D eigenvalue weighted by Crippen LogP contribution is -2.32. The van der Waals surface area contributed by atoms with Gasteiger partial charge in [-0.2, -0.15) is 0 Å². The Morgan fingerprint density at radius 3 is 2.60 bits per heavy atom. The van der Waals surface area contributed by atoms with Crippen LogP contribution >= 0.6 is 24.0 Å². The number of carbonyl (C=O) groups is 2. The Morgan fingerprint density at radius 2 is 1.96 bits per heavy atom. The molecule has 1 rings (SSSR count). The maximum absolute atomic E-state index is 11.8. The van der Waals surface area contributed by atoms with E-state index in [1.165, 1.54) is 18.9 Å². The number of rotatable bonds is 9. The van der Waals surface area contributed by atoms with Crippen LogP contribution in [0.4, 0.5) is 4.79 Å². The molecular formula is C17H23NO5S2. The summed E-state index contributed by atoms with van der Waals surface area (Å²) in [6.45, 7) is 2.82. The normalized spacial score (nSPS) is 11.3. The molecule has 1 amide bonds. The van der Waals surface area contributed by atoms with E-state index in [0.717, 1.165) is 5.56 Å². The van der Waals surface area contributed by atoms with Gasteiger partial charge in [0.25, 0.3) is 0 Å². The number of methoxy groups -OCH3 is 1. The Balaban J connectivity index is 2.41. The van der Waals surface area contributed by atoms with Gasteiger partial charge >= 0.3 is 12.1 Å². The molecule has 0 saturated carbocycles. The molecule has 0 heterocycles. The van der Waals surface area contributed by atoms with Gasteiger partial charge in [0.1, 0.15) is 6.61 Å². The first-order valence-corrected chi connectivity index (χ1v) is 9.18. The van der Waals surface area contributed by atoms with Crippen LogP contribution in [0.1, 0.15) is 25.3 Å². The number of carbonyl (C=O) groups excluding carboxylic acids is 2. The maximum Gasteiger partial charge on any atom is 0.407 e. The summed E-state index contributed by atoms with van der Waals surface area (Å²) in [5.74, 6) is -0.306. The van der Waals surface area contributed by atoms with E-state index in [4.69, 9.17) is 21.7 Å². The van der Waals surface area contributed by atoms with Crippen LogP contribution in [-0.4, -0.2) is 42.0 Å². The topological polar surface area (TPSA) is 73.9 Å². The molecule has 0 spiro atoms. The van der Waals surface area contributed by atoms with Gasteiger partial charge in [-0.1, -0.05) is 42.1 Å². The average Bonchev–Trinajstić information content (AvgIpc) is 2.62. The van der Waals surface area contributed by atoms with Gasteiger partial charge < -0.3 is 19.5 Å². The molecule has 1 N–H and O–H groups in total. The molecule has 25 heavy (non-hydrogen) atoms. The molecule has 0 aromatic heterocycles. The summed E-state index contributed by atoms with van der Waals surface area (Å²) in [4.78, 5) is 23.1. The van der Waals surface area contributed by atoms with Crippen LogP contribution in [0, 0.1) is 0 Å². The molecule has 0 bridgehead atoms. The van der Waals surface area contributed by atoms with Gasteiger partial charge in [0.05, 0.1) is 13.7 Å². The summed E-state index contributed by atoms with van der Waals surface area (Å²) in [6.07, 6.45) is 0.225. The van der Waals surface area contributed by atoms with Crippen molar-refractivity contribution < 1.29 is 23.8 Å². The van der Waals surface area contributed by atoms with E-state index in [1.54, 1.807) is 0 Å². The second-order valence-electron chi connectivity index (χ2n) is 4.98. The smallest absolute Gasteiger partial charge is 0.407 e. The van der Waals surface area contributed by atoms with Gasteiger partial charge in [-0.3, -0.25) is 4.79 Å². The van der Waals surface area contributed by atoms with E-state index < -0.39 is 6.09 Å². The minimum Gasteiger partial charge on any atom is -0.479 e. The summed E-state index contributed by atoms with van der Waals surface area (Å²) < 4.78 is 15.4. The van der Waals surface area contributed by atoms with Gasteiger partial charge in [0, 0.05) is 18.2 Å². The van der Waals surface area contributed by atoms with E-state index in [-0.39, 0.29) is 24.2 Å². The fourth-order valence-electron chi connectivity index (χ4n) is 1.84. The standard InChI is InChI=1S/C17H23NO5S2/c1-3-22-17(24)25-14(9-10-15(19)21-2)11-18-16(20)23-12-13-7-5-4-6-8-13/h4-8,14H,3,9-12H2,1-2H3,(H,18,20). The molecule has 1 aromatic rings. The SMILES string of the molecule is CCOC(=S)SC(CCC(=O)OC)CNC(=O)OCc1ccccc1. The summed E-state index contributed by atoms with van der Waals surface area (Å²) >= 11 is 6.42. The number of nitrogens with one attached hydrogen (secondary N) is 1. The van der Waals surface area contributed by atoms with Crippen LogP contribution in [0.25, 0.3) is 0 Å². The minimum absolute atomic E-state index is 0.109. The Bertz CT molecular complexity index is 553. The third kappa shape index (κ3) is 9.93. The first-order chi connectivity index (χ1) is 12.0. The van der Waals surface area contributed by atoms with Gasteiger partial charge in [-0.25, -0.2) is 4.79 Å². The molecule has 138 valence electrons. The van der Waals surface area contributed by atoms with Crippen molar-refractivity contribution in [1.82, 2.24) is 5.32 Å². The molecule has 0 aliphatic carbocycles. The molecule has 8 heteroatoms. The first-order valence-electron chi connectivity index (χ1n) is 7.90. The summed E-state index contributed by atoms with van der Waals surface area (Å²) in [7, 11) is 1.34. The van der Waals surface area contributed by atoms with E-state index in [1.807, 2.05) is 37.3 Å². The Hall–Kier alpha value is -1.80. The molecule has 1 aromatic carbocycles. The fraction of sp³-hybridized carbons (Fsp3) is 0.471. The Morgan fingerprint density at radius 1 is 1.24 bits per heavy atom. The van der Waals surface area contributed by atoms with Crippen molar-refractivity contribution in [3.8, 4) is 0 Å². The van der Waals surface area contributed by atoms with Crippen LogP contribution < -0.4 is 5.32 Å². The van der Waals surface area contributed by atoms with Crippen LogP contribution in [0.2, 0.25) is 0 Å². The summed E-state index contributed by atoms with van der Waals surface area (Å²) in [5.41, 5.74) is 0.909. The van der Waals surface area contributed by atoms with E-state index in [2.05, 4.69) is 10.1 Å². The lowest BCUT2D eigenvalue weighted by atomic mass is 10.2. The van der Waals surface area contributed by atoms with Crippen molar-refractivity contribution in [3.63, 3.8) is 0 Å². The summed E-state index contributed by atoms with van der Waals surface area (Å²) in [6, 6.07) is 9.41.